The average molecular weight is 300 g/mol. The van der Waals surface area contributed by atoms with Crippen LogP contribution >= 0.6 is 11.8 Å². The molecule has 0 atom stereocenters. The summed E-state index contributed by atoms with van der Waals surface area (Å²) in [6, 6.07) is 2.86. The van der Waals surface area contributed by atoms with Crippen molar-refractivity contribution in [3.63, 3.8) is 0 Å². The lowest BCUT2D eigenvalue weighted by molar-refractivity contribution is -0.385. The molecule has 0 spiro atoms. The lowest BCUT2D eigenvalue weighted by Gasteiger charge is -2.06. The summed E-state index contributed by atoms with van der Waals surface area (Å²) >= 11 is 1.77. The number of hydrogen-bond acceptors (Lipinski definition) is 4. The fraction of sp³-hybridized carbons (Fsp3) is 0.462. The largest absolute Gasteiger partial charge is 0.352 e. The lowest BCUT2D eigenvalue weighted by atomic mass is 10.1. The highest BCUT2D eigenvalue weighted by Gasteiger charge is 2.20. The summed E-state index contributed by atoms with van der Waals surface area (Å²) in [5.41, 5.74) is -0.620. The summed E-state index contributed by atoms with van der Waals surface area (Å²) in [6.45, 7) is 0.431. The van der Waals surface area contributed by atoms with Crippen molar-refractivity contribution in [3.8, 4) is 0 Å². The Balaban J connectivity index is 2.54. The minimum atomic E-state index is -0.688. The molecule has 20 heavy (non-hydrogen) atoms. The third-order valence-electron chi connectivity index (χ3n) is 2.71. The van der Waals surface area contributed by atoms with Crippen LogP contribution in [0.2, 0.25) is 0 Å². The van der Waals surface area contributed by atoms with Crippen molar-refractivity contribution in [1.29, 1.82) is 0 Å². The highest BCUT2D eigenvalue weighted by atomic mass is 32.2. The summed E-state index contributed by atoms with van der Waals surface area (Å²) in [4.78, 5) is 21.9. The summed E-state index contributed by atoms with van der Waals surface area (Å²) in [6.07, 6.45) is 4.88. The molecule has 1 aromatic carbocycles. The number of unbranched alkanes of at least 4 members (excludes halogenated alkanes) is 2. The first kappa shape index (κ1) is 16.4. The smallest absolute Gasteiger partial charge is 0.282 e. The predicted molar refractivity (Wildman–Crippen MR) is 77.6 cm³/mol. The van der Waals surface area contributed by atoms with Crippen LogP contribution < -0.4 is 5.32 Å². The second kappa shape index (κ2) is 8.52. The molecule has 0 heterocycles. The first-order valence-corrected chi connectivity index (χ1v) is 7.66. The van der Waals surface area contributed by atoms with Gasteiger partial charge in [0.05, 0.1) is 4.92 Å². The van der Waals surface area contributed by atoms with Crippen molar-refractivity contribution in [2.45, 2.75) is 19.3 Å². The molecule has 0 aromatic heterocycles. The molecule has 110 valence electrons. The van der Waals surface area contributed by atoms with Crippen LogP contribution in [0.15, 0.2) is 18.2 Å². The third kappa shape index (κ3) is 5.16. The Hall–Kier alpha value is -1.63. The molecule has 0 saturated carbocycles. The maximum atomic E-state index is 13.1. The Bertz CT molecular complexity index is 483. The van der Waals surface area contributed by atoms with Gasteiger partial charge < -0.3 is 5.32 Å². The summed E-state index contributed by atoms with van der Waals surface area (Å²) in [5.74, 6) is -0.203. The molecule has 0 aliphatic heterocycles. The van der Waals surface area contributed by atoms with Gasteiger partial charge in [-0.1, -0.05) is 6.42 Å². The molecule has 0 aliphatic carbocycles. The molecular weight excluding hydrogens is 283 g/mol. The van der Waals surface area contributed by atoms with E-state index in [2.05, 4.69) is 5.32 Å². The van der Waals surface area contributed by atoms with Gasteiger partial charge >= 0.3 is 0 Å². The molecule has 7 heteroatoms. The molecule has 1 amide bonds. The zero-order valence-electron chi connectivity index (χ0n) is 11.2. The number of halogens is 1. The SMILES string of the molecule is CSCCCCCNC(=O)c1cc(F)ccc1[N+](=O)[O-]. The van der Waals surface area contributed by atoms with Gasteiger partial charge in [-0.05, 0) is 37.0 Å². The van der Waals surface area contributed by atoms with E-state index in [1.54, 1.807) is 11.8 Å². The van der Waals surface area contributed by atoms with Crippen LogP contribution in [0.1, 0.15) is 29.6 Å². The van der Waals surface area contributed by atoms with Crippen LogP contribution in [0.4, 0.5) is 10.1 Å². The minimum Gasteiger partial charge on any atom is -0.352 e. The fourth-order valence-electron chi connectivity index (χ4n) is 1.69. The van der Waals surface area contributed by atoms with Crippen LogP contribution in [0, 0.1) is 15.9 Å². The summed E-state index contributed by atoms with van der Waals surface area (Å²) in [7, 11) is 0. The van der Waals surface area contributed by atoms with E-state index in [0.29, 0.717) is 6.54 Å². The van der Waals surface area contributed by atoms with Crippen LogP contribution in [0.5, 0.6) is 0 Å². The van der Waals surface area contributed by atoms with Crippen molar-refractivity contribution in [3.05, 3.63) is 39.7 Å². The van der Waals surface area contributed by atoms with E-state index >= 15 is 0 Å². The second-order valence-corrected chi connectivity index (χ2v) is 5.21. The summed E-state index contributed by atoms with van der Waals surface area (Å²) in [5, 5.41) is 13.4. The summed E-state index contributed by atoms with van der Waals surface area (Å²) < 4.78 is 13.1. The van der Waals surface area contributed by atoms with Crippen LogP contribution in [-0.2, 0) is 0 Å². The molecule has 0 unspecified atom stereocenters. The molecule has 0 fully saturated rings. The number of hydrogen-bond donors (Lipinski definition) is 1. The maximum absolute atomic E-state index is 13.1. The van der Waals surface area contributed by atoms with Crippen LogP contribution in [-0.4, -0.2) is 29.4 Å². The highest BCUT2D eigenvalue weighted by molar-refractivity contribution is 7.98. The number of thioether (sulfide) groups is 1. The Morgan fingerprint density at radius 2 is 2.15 bits per heavy atom. The van der Waals surface area contributed by atoms with Crippen molar-refractivity contribution in [2.24, 2.45) is 0 Å². The second-order valence-electron chi connectivity index (χ2n) is 4.23. The van der Waals surface area contributed by atoms with E-state index in [-0.39, 0.29) is 11.3 Å². The van der Waals surface area contributed by atoms with Gasteiger partial charge in [-0.3, -0.25) is 14.9 Å². The number of rotatable bonds is 8. The van der Waals surface area contributed by atoms with E-state index < -0.39 is 16.6 Å². The molecule has 5 nitrogen and oxygen atoms in total. The molecule has 0 aliphatic rings. The maximum Gasteiger partial charge on any atom is 0.282 e. The number of benzene rings is 1. The first-order valence-electron chi connectivity index (χ1n) is 6.27. The number of carbonyl (C=O) groups is 1. The first-order chi connectivity index (χ1) is 9.56. The van der Waals surface area contributed by atoms with Gasteiger partial charge in [-0.2, -0.15) is 11.8 Å². The van der Waals surface area contributed by atoms with Crippen LogP contribution in [0.25, 0.3) is 0 Å². The number of nitrogens with zero attached hydrogens (tertiary/aromatic N) is 1. The Morgan fingerprint density at radius 3 is 2.80 bits per heavy atom. The molecule has 0 bridgehead atoms. The van der Waals surface area contributed by atoms with E-state index in [1.165, 1.54) is 0 Å². The molecule has 1 N–H and O–H groups in total. The molecule has 1 rings (SSSR count). The fourth-order valence-corrected chi connectivity index (χ4v) is 2.19. The third-order valence-corrected chi connectivity index (χ3v) is 3.41. The molecular formula is C13H17FN2O3S. The van der Waals surface area contributed by atoms with E-state index in [9.17, 15) is 19.3 Å². The topological polar surface area (TPSA) is 72.2 Å². The standard InChI is InChI=1S/C13H17FN2O3S/c1-20-8-4-2-3-7-15-13(17)11-9-10(14)5-6-12(11)16(18)19/h5-6,9H,2-4,7-8H2,1H3,(H,15,17). The van der Waals surface area contributed by atoms with Gasteiger partial charge in [0, 0.05) is 12.6 Å². The van der Waals surface area contributed by atoms with Crippen LogP contribution in [0.3, 0.4) is 0 Å². The predicted octanol–water partition coefficient (Wildman–Crippen LogP) is 3.00. The minimum absolute atomic E-state index is 0.237. The van der Waals surface area contributed by atoms with Crippen molar-refractivity contribution >= 4 is 23.4 Å². The van der Waals surface area contributed by atoms with Gasteiger partial charge in [0.1, 0.15) is 11.4 Å². The lowest BCUT2D eigenvalue weighted by Crippen LogP contribution is -2.25. The number of nitrogens with one attached hydrogen (secondary N) is 1. The quantitative estimate of drug-likeness (QED) is 0.455. The highest BCUT2D eigenvalue weighted by Crippen LogP contribution is 2.19. The van der Waals surface area contributed by atoms with Gasteiger partial charge in [0.2, 0.25) is 0 Å². The van der Waals surface area contributed by atoms with E-state index in [1.807, 2.05) is 6.26 Å². The Kier molecular flexibility index (Phi) is 7.00. The Labute approximate surface area is 121 Å². The zero-order valence-corrected chi connectivity index (χ0v) is 12.0. The number of carbonyl (C=O) groups excluding carboxylic acids is 1. The average Bonchev–Trinajstić information content (AvgIpc) is 2.42. The monoisotopic (exact) mass is 300 g/mol. The number of amides is 1. The zero-order chi connectivity index (χ0) is 15.0. The van der Waals surface area contributed by atoms with E-state index in [4.69, 9.17) is 0 Å². The van der Waals surface area contributed by atoms with Gasteiger partial charge in [0.15, 0.2) is 0 Å². The number of nitro benzene ring substituents is 1. The molecule has 1 aromatic rings. The van der Waals surface area contributed by atoms with Gasteiger partial charge in [-0.15, -0.1) is 0 Å². The van der Waals surface area contributed by atoms with Gasteiger partial charge in [-0.25, -0.2) is 4.39 Å². The number of nitro groups is 1. The molecule has 0 radical (unpaired) electrons. The van der Waals surface area contributed by atoms with E-state index in [0.717, 1.165) is 43.2 Å². The Morgan fingerprint density at radius 1 is 1.40 bits per heavy atom. The molecule has 0 saturated heterocycles. The van der Waals surface area contributed by atoms with Crippen molar-refractivity contribution < 1.29 is 14.1 Å². The normalized spacial score (nSPS) is 10.3. The van der Waals surface area contributed by atoms with Gasteiger partial charge in [0.25, 0.3) is 11.6 Å². The van der Waals surface area contributed by atoms with Crippen molar-refractivity contribution in [1.82, 2.24) is 5.32 Å². The van der Waals surface area contributed by atoms with Crippen molar-refractivity contribution in [2.75, 3.05) is 18.6 Å².